The van der Waals surface area contributed by atoms with Crippen LogP contribution in [0.1, 0.15) is 36.4 Å². The van der Waals surface area contributed by atoms with Crippen molar-refractivity contribution >= 4 is 29.0 Å². The average molecular weight is 364 g/mol. The molecule has 2 heterocycles. The zero-order chi connectivity index (χ0) is 16.7. The number of amides is 1. The normalized spacial score (nSPS) is 17.5. The summed E-state index contributed by atoms with van der Waals surface area (Å²) in [6.07, 6.45) is 5.04. The van der Waals surface area contributed by atoms with Gasteiger partial charge in [0.05, 0.1) is 16.5 Å². The van der Waals surface area contributed by atoms with Crippen molar-refractivity contribution in [3.8, 4) is 10.8 Å². The van der Waals surface area contributed by atoms with E-state index >= 15 is 0 Å². The number of aryl methyl sites for hydroxylation is 2. The standard InChI is InChI=1S/C16H20N4O2S2/c1-8-14(24-9(2)17-8)15-19-20-16(22-15)23-7-12(21)18-13(10-3-4-10)11-5-6-11/h10-11,13H,3-7H2,1-2H3,(H,18,21). The van der Waals surface area contributed by atoms with E-state index in [2.05, 4.69) is 20.5 Å². The van der Waals surface area contributed by atoms with Crippen LogP contribution in [0.3, 0.4) is 0 Å². The first-order chi connectivity index (χ1) is 11.6. The van der Waals surface area contributed by atoms with E-state index in [1.807, 2.05) is 13.8 Å². The number of thiazole rings is 1. The first-order valence-corrected chi connectivity index (χ1v) is 10.1. The van der Waals surface area contributed by atoms with Crippen LogP contribution in [0.4, 0.5) is 0 Å². The Labute approximate surface area is 148 Å². The number of nitrogens with zero attached hydrogens (tertiary/aromatic N) is 3. The molecule has 0 unspecified atom stereocenters. The highest BCUT2D eigenvalue weighted by Gasteiger charge is 2.42. The molecule has 2 aromatic rings. The van der Waals surface area contributed by atoms with Gasteiger partial charge in [-0.2, -0.15) is 0 Å². The molecule has 0 spiro atoms. The zero-order valence-electron chi connectivity index (χ0n) is 13.7. The van der Waals surface area contributed by atoms with E-state index in [0.717, 1.165) is 15.6 Å². The maximum atomic E-state index is 12.2. The SMILES string of the molecule is Cc1nc(C)c(-c2nnc(SCC(=O)NC(C3CC3)C3CC3)o2)s1. The summed E-state index contributed by atoms with van der Waals surface area (Å²) in [5.41, 5.74) is 0.896. The minimum absolute atomic E-state index is 0.0633. The summed E-state index contributed by atoms with van der Waals surface area (Å²) in [5, 5.41) is 12.7. The lowest BCUT2D eigenvalue weighted by Gasteiger charge is -2.17. The maximum absolute atomic E-state index is 12.2. The molecule has 1 amide bonds. The number of carbonyl (C=O) groups excluding carboxylic acids is 1. The van der Waals surface area contributed by atoms with E-state index in [9.17, 15) is 4.79 Å². The average Bonchev–Trinajstić information content (AvgIpc) is 3.46. The van der Waals surface area contributed by atoms with Crippen molar-refractivity contribution in [2.75, 3.05) is 5.75 Å². The summed E-state index contributed by atoms with van der Waals surface area (Å²) >= 11 is 2.83. The fourth-order valence-electron chi connectivity index (χ4n) is 2.98. The van der Waals surface area contributed by atoms with Gasteiger partial charge in [-0.15, -0.1) is 21.5 Å². The molecule has 2 aromatic heterocycles. The van der Waals surface area contributed by atoms with Crippen LogP contribution in [0, 0.1) is 25.7 Å². The topological polar surface area (TPSA) is 80.9 Å². The highest BCUT2D eigenvalue weighted by molar-refractivity contribution is 7.99. The summed E-state index contributed by atoms with van der Waals surface area (Å²) < 4.78 is 5.67. The van der Waals surface area contributed by atoms with Gasteiger partial charge in [0.15, 0.2) is 0 Å². The van der Waals surface area contributed by atoms with Gasteiger partial charge in [0.2, 0.25) is 5.91 Å². The van der Waals surface area contributed by atoms with Crippen molar-refractivity contribution in [1.82, 2.24) is 20.5 Å². The Morgan fingerprint density at radius 1 is 1.29 bits per heavy atom. The maximum Gasteiger partial charge on any atom is 0.277 e. The second kappa shape index (κ2) is 6.48. The summed E-state index contributed by atoms with van der Waals surface area (Å²) in [7, 11) is 0. The summed E-state index contributed by atoms with van der Waals surface area (Å²) in [4.78, 5) is 17.5. The van der Waals surface area contributed by atoms with Crippen LogP contribution in [-0.2, 0) is 4.79 Å². The largest absolute Gasteiger partial charge is 0.410 e. The molecule has 0 aliphatic heterocycles. The van der Waals surface area contributed by atoms with Gasteiger partial charge in [0.1, 0.15) is 4.88 Å². The third-order valence-electron chi connectivity index (χ3n) is 4.42. The van der Waals surface area contributed by atoms with Crippen LogP contribution < -0.4 is 5.32 Å². The number of rotatable bonds is 7. The van der Waals surface area contributed by atoms with E-state index in [0.29, 0.717) is 34.7 Å². The smallest absolute Gasteiger partial charge is 0.277 e. The van der Waals surface area contributed by atoms with Gasteiger partial charge in [0.25, 0.3) is 11.1 Å². The lowest BCUT2D eigenvalue weighted by Crippen LogP contribution is -2.39. The number of aromatic nitrogens is 3. The fraction of sp³-hybridized carbons (Fsp3) is 0.625. The van der Waals surface area contributed by atoms with Gasteiger partial charge in [0, 0.05) is 6.04 Å². The Balaban J connectivity index is 1.32. The van der Waals surface area contributed by atoms with E-state index in [1.54, 1.807) is 0 Å². The molecule has 0 radical (unpaired) electrons. The van der Waals surface area contributed by atoms with Crippen molar-refractivity contribution in [3.63, 3.8) is 0 Å². The molecule has 8 heteroatoms. The quantitative estimate of drug-likeness (QED) is 0.760. The van der Waals surface area contributed by atoms with E-state index < -0.39 is 0 Å². The van der Waals surface area contributed by atoms with Crippen molar-refractivity contribution < 1.29 is 9.21 Å². The number of hydrogen-bond donors (Lipinski definition) is 1. The molecular weight excluding hydrogens is 344 g/mol. The van der Waals surface area contributed by atoms with Gasteiger partial charge in [-0.25, -0.2) is 4.98 Å². The predicted octanol–water partition coefficient (Wildman–Crippen LogP) is 3.21. The van der Waals surface area contributed by atoms with Gasteiger partial charge >= 0.3 is 0 Å². The molecule has 2 saturated carbocycles. The molecular formula is C16H20N4O2S2. The van der Waals surface area contributed by atoms with Crippen molar-refractivity contribution in [1.29, 1.82) is 0 Å². The number of carbonyl (C=O) groups is 1. The molecule has 0 bridgehead atoms. The van der Waals surface area contributed by atoms with Gasteiger partial charge in [-0.05, 0) is 51.4 Å². The number of nitrogens with one attached hydrogen (secondary N) is 1. The van der Waals surface area contributed by atoms with Crippen LogP contribution in [0.15, 0.2) is 9.64 Å². The minimum Gasteiger partial charge on any atom is -0.410 e. The molecule has 2 aliphatic carbocycles. The van der Waals surface area contributed by atoms with Crippen LogP contribution >= 0.6 is 23.1 Å². The van der Waals surface area contributed by atoms with Crippen LogP contribution in [0.25, 0.3) is 10.8 Å². The van der Waals surface area contributed by atoms with Gasteiger partial charge < -0.3 is 9.73 Å². The number of thioether (sulfide) groups is 1. The lowest BCUT2D eigenvalue weighted by atomic mass is 10.1. The van der Waals surface area contributed by atoms with Crippen molar-refractivity contribution in [3.05, 3.63) is 10.7 Å². The third kappa shape index (κ3) is 3.64. The Hall–Kier alpha value is -1.41. The molecule has 2 aliphatic rings. The Morgan fingerprint density at radius 2 is 2.00 bits per heavy atom. The van der Waals surface area contributed by atoms with Crippen LogP contribution in [0.5, 0.6) is 0 Å². The summed E-state index contributed by atoms with van der Waals surface area (Å²) in [6.45, 7) is 3.88. The van der Waals surface area contributed by atoms with E-state index in [4.69, 9.17) is 4.42 Å². The van der Waals surface area contributed by atoms with E-state index in [-0.39, 0.29) is 5.91 Å². The second-order valence-corrected chi connectivity index (χ2v) is 8.71. The first kappa shape index (κ1) is 16.1. The number of hydrogen-bond acceptors (Lipinski definition) is 7. The van der Waals surface area contributed by atoms with Crippen molar-refractivity contribution in [2.24, 2.45) is 11.8 Å². The Kier molecular flexibility index (Phi) is 4.34. The molecule has 0 atom stereocenters. The summed E-state index contributed by atoms with van der Waals surface area (Å²) in [5.74, 6) is 2.28. The predicted molar refractivity (Wildman–Crippen MR) is 93.0 cm³/mol. The zero-order valence-corrected chi connectivity index (χ0v) is 15.4. The second-order valence-electron chi connectivity index (χ2n) is 6.58. The molecule has 128 valence electrons. The third-order valence-corrected chi connectivity index (χ3v) is 6.30. The minimum atomic E-state index is 0.0633. The Morgan fingerprint density at radius 3 is 2.58 bits per heavy atom. The lowest BCUT2D eigenvalue weighted by molar-refractivity contribution is -0.119. The Bertz CT molecular complexity index is 737. The molecule has 1 N–H and O–H groups in total. The molecule has 2 fully saturated rings. The highest BCUT2D eigenvalue weighted by Crippen LogP contribution is 2.44. The first-order valence-electron chi connectivity index (χ1n) is 8.30. The van der Waals surface area contributed by atoms with E-state index in [1.165, 1.54) is 48.8 Å². The van der Waals surface area contributed by atoms with Crippen LogP contribution in [0.2, 0.25) is 0 Å². The monoisotopic (exact) mass is 364 g/mol. The van der Waals surface area contributed by atoms with Gasteiger partial charge in [-0.3, -0.25) is 4.79 Å². The highest BCUT2D eigenvalue weighted by atomic mass is 32.2. The van der Waals surface area contributed by atoms with Gasteiger partial charge in [-0.1, -0.05) is 11.8 Å². The fourth-order valence-corrected chi connectivity index (χ4v) is 4.39. The summed E-state index contributed by atoms with van der Waals surface area (Å²) in [6, 6.07) is 0.388. The van der Waals surface area contributed by atoms with Crippen molar-refractivity contribution in [2.45, 2.75) is 50.8 Å². The molecule has 4 rings (SSSR count). The van der Waals surface area contributed by atoms with Crippen LogP contribution in [-0.4, -0.2) is 32.9 Å². The molecule has 6 nitrogen and oxygen atoms in total. The molecule has 24 heavy (non-hydrogen) atoms. The molecule has 0 saturated heterocycles. The molecule has 0 aromatic carbocycles.